The predicted octanol–water partition coefficient (Wildman–Crippen LogP) is 5.00. The van der Waals surface area contributed by atoms with Crippen molar-refractivity contribution in [1.29, 1.82) is 0 Å². The van der Waals surface area contributed by atoms with Gasteiger partial charge in [-0.05, 0) is 43.0 Å². The zero-order valence-electron chi connectivity index (χ0n) is 13.2. The summed E-state index contributed by atoms with van der Waals surface area (Å²) >= 11 is 0. The molecule has 0 aliphatic carbocycles. The Morgan fingerprint density at radius 1 is 1.00 bits per heavy atom. The summed E-state index contributed by atoms with van der Waals surface area (Å²) in [5, 5.41) is 3.51. The second-order valence-electron chi connectivity index (χ2n) is 5.68. The molecule has 0 aromatic heterocycles. The average molecular weight is 283 g/mol. The lowest BCUT2D eigenvalue weighted by Gasteiger charge is -2.14. The van der Waals surface area contributed by atoms with E-state index >= 15 is 0 Å². The van der Waals surface area contributed by atoms with Crippen molar-refractivity contribution in [2.75, 3.05) is 18.5 Å². The molecule has 0 unspecified atom stereocenters. The molecule has 1 N–H and O–H groups in total. The summed E-state index contributed by atoms with van der Waals surface area (Å²) in [4.78, 5) is 0. The van der Waals surface area contributed by atoms with Crippen molar-refractivity contribution in [3.8, 4) is 5.75 Å². The van der Waals surface area contributed by atoms with Crippen molar-refractivity contribution in [2.45, 2.75) is 33.1 Å². The summed E-state index contributed by atoms with van der Waals surface area (Å²) in [6, 6.07) is 16.7. The molecule has 0 spiro atoms. The van der Waals surface area contributed by atoms with E-state index in [0.717, 1.165) is 25.3 Å². The molecule has 21 heavy (non-hydrogen) atoms. The van der Waals surface area contributed by atoms with Gasteiger partial charge in [-0.3, -0.25) is 0 Å². The molecule has 0 saturated carbocycles. The molecule has 0 saturated heterocycles. The van der Waals surface area contributed by atoms with E-state index in [-0.39, 0.29) is 0 Å². The summed E-state index contributed by atoms with van der Waals surface area (Å²) in [6.07, 6.45) is 0.986. The topological polar surface area (TPSA) is 21.3 Å². The molecule has 0 aliphatic heterocycles. The first kappa shape index (κ1) is 15.4. The minimum atomic E-state index is 0.539. The van der Waals surface area contributed by atoms with Crippen LogP contribution in [0, 0.1) is 6.92 Å². The summed E-state index contributed by atoms with van der Waals surface area (Å²) in [5.74, 6) is 1.49. The van der Waals surface area contributed by atoms with Gasteiger partial charge < -0.3 is 10.1 Å². The minimum Gasteiger partial charge on any atom is -0.494 e. The number of para-hydroxylation sites is 1. The largest absolute Gasteiger partial charge is 0.494 e. The van der Waals surface area contributed by atoms with Crippen LogP contribution in [0.15, 0.2) is 48.5 Å². The molecular weight excluding hydrogens is 258 g/mol. The van der Waals surface area contributed by atoms with E-state index in [9.17, 15) is 0 Å². The monoisotopic (exact) mass is 283 g/mol. The number of hydrogen-bond donors (Lipinski definition) is 1. The first-order valence-electron chi connectivity index (χ1n) is 7.69. The van der Waals surface area contributed by atoms with Gasteiger partial charge in [0.2, 0.25) is 0 Å². The molecule has 2 aromatic rings. The van der Waals surface area contributed by atoms with Crippen molar-refractivity contribution in [2.24, 2.45) is 0 Å². The van der Waals surface area contributed by atoms with Crippen LogP contribution in [-0.2, 0) is 0 Å². The van der Waals surface area contributed by atoms with Gasteiger partial charge >= 0.3 is 0 Å². The third-order valence-corrected chi connectivity index (χ3v) is 3.51. The van der Waals surface area contributed by atoms with Crippen LogP contribution in [0.4, 0.5) is 5.69 Å². The Hall–Kier alpha value is -1.96. The van der Waals surface area contributed by atoms with Crippen molar-refractivity contribution >= 4 is 5.69 Å². The van der Waals surface area contributed by atoms with Gasteiger partial charge in [0, 0.05) is 12.2 Å². The van der Waals surface area contributed by atoms with Gasteiger partial charge in [-0.2, -0.15) is 0 Å². The molecule has 0 bridgehead atoms. The van der Waals surface area contributed by atoms with E-state index in [1.54, 1.807) is 0 Å². The maximum atomic E-state index is 5.74. The van der Waals surface area contributed by atoms with Gasteiger partial charge in [0.15, 0.2) is 0 Å². The molecule has 2 heteroatoms. The molecule has 0 amide bonds. The van der Waals surface area contributed by atoms with Crippen molar-refractivity contribution in [1.82, 2.24) is 0 Å². The lowest BCUT2D eigenvalue weighted by atomic mass is 10.0. The number of benzene rings is 2. The fraction of sp³-hybridized carbons (Fsp3) is 0.368. The van der Waals surface area contributed by atoms with E-state index in [1.165, 1.54) is 16.8 Å². The van der Waals surface area contributed by atoms with Crippen LogP contribution in [0.25, 0.3) is 0 Å². The standard InChI is InChI=1S/C19H25NO/c1-15(2)18-7-4-5-8-19(18)20-13-6-14-21-17-11-9-16(3)10-12-17/h4-5,7-12,15,20H,6,13-14H2,1-3H3. The number of ether oxygens (including phenoxy) is 1. The Morgan fingerprint density at radius 2 is 1.71 bits per heavy atom. The Bertz CT molecular complexity index is 546. The Morgan fingerprint density at radius 3 is 2.43 bits per heavy atom. The van der Waals surface area contributed by atoms with E-state index < -0.39 is 0 Å². The Kier molecular flexibility index (Phi) is 5.68. The Balaban J connectivity index is 1.74. The van der Waals surface area contributed by atoms with Crippen LogP contribution >= 0.6 is 0 Å². The highest BCUT2D eigenvalue weighted by molar-refractivity contribution is 5.52. The maximum Gasteiger partial charge on any atom is 0.119 e. The summed E-state index contributed by atoms with van der Waals surface area (Å²) in [7, 11) is 0. The number of aryl methyl sites for hydroxylation is 1. The highest BCUT2D eigenvalue weighted by atomic mass is 16.5. The van der Waals surface area contributed by atoms with Crippen molar-refractivity contribution in [3.63, 3.8) is 0 Å². The van der Waals surface area contributed by atoms with E-state index in [0.29, 0.717) is 5.92 Å². The molecule has 2 nitrogen and oxygen atoms in total. The van der Waals surface area contributed by atoms with E-state index in [2.05, 4.69) is 62.5 Å². The summed E-state index contributed by atoms with van der Waals surface area (Å²) in [5.41, 5.74) is 3.87. The van der Waals surface area contributed by atoms with Crippen LogP contribution in [0.3, 0.4) is 0 Å². The average Bonchev–Trinajstić information content (AvgIpc) is 2.49. The molecule has 0 heterocycles. The van der Waals surface area contributed by atoms with Crippen LogP contribution < -0.4 is 10.1 Å². The van der Waals surface area contributed by atoms with Gasteiger partial charge in [0.1, 0.15) is 5.75 Å². The van der Waals surface area contributed by atoms with Crippen molar-refractivity contribution in [3.05, 3.63) is 59.7 Å². The van der Waals surface area contributed by atoms with E-state index in [1.807, 2.05) is 12.1 Å². The van der Waals surface area contributed by atoms with Crippen LogP contribution in [0.5, 0.6) is 5.75 Å². The molecule has 0 atom stereocenters. The molecule has 0 fully saturated rings. The molecule has 112 valence electrons. The van der Waals surface area contributed by atoms with Gasteiger partial charge in [-0.25, -0.2) is 0 Å². The number of nitrogens with one attached hydrogen (secondary N) is 1. The quantitative estimate of drug-likeness (QED) is 0.722. The first-order valence-corrected chi connectivity index (χ1v) is 7.69. The maximum absolute atomic E-state index is 5.74. The third kappa shape index (κ3) is 4.82. The third-order valence-electron chi connectivity index (χ3n) is 3.51. The first-order chi connectivity index (χ1) is 10.2. The summed E-state index contributed by atoms with van der Waals surface area (Å²) in [6.45, 7) is 8.19. The highest BCUT2D eigenvalue weighted by Crippen LogP contribution is 2.23. The van der Waals surface area contributed by atoms with Crippen molar-refractivity contribution < 1.29 is 4.74 Å². The molecule has 0 aliphatic rings. The lowest BCUT2D eigenvalue weighted by Crippen LogP contribution is -2.09. The lowest BCUT2D eigenvalue weighted by molar-refractivity contribution is 0.315. The van der Waals surface area contributed by atoms with E-state index in [4.69, 9.17) is 4.74 Å². The second-order valence-corrected chi connectivity index (χ2v) is 5.68. The number of hydrogen-bond acceptors (Lipinski definition) is 2. The second kappa shape index (κ2) is 7.72. The minimum absolute atomic E-state index is 0.539. The molecule has 2 aromatic carbocycles. The number of anilines is 1. The SMILES string of the molecule is Cc1ccc(OCCCNc2ccccc2C(C)C)cc1. The number of rotatable bonds is 7. The van der Waals surface area contributed by atoms with Gasteiger partial charge in [0.05, 0.1) is 6.61 Å². The van der Waals surface area contributed by atoms with Gasteiger partial charge in [-0.15, -0.1) is 0 Å². The smallest absolute Gasteiger partial charge is 0.119 e. The zero-order chi connectivity index (χ0) is 15.1. The fourth-order valence-corrected chi connectivity index (χ4v) is 2.28. The molecule has 2 rings (SSSR count). The predicted molar refractivity (Wildman–Crippen MR) is 90.3 cm³/mol. The molecular formula is C19H25NO. The zero-order valence-corrected chi connectivity index (χ0v) is 13.2. The summed E-state index contributed by atoms with van der Waals surface area (Å²) < 4.78 is 5.74. The highest BCUT2D eigenvalue weighted by Gasteiger charge is 2.04. The fourth-order valence-electron chi connectivity index (χ4n) is 2.28. The molecule has 0 radical (unpaired) electrons. The van der Waals surface area contributed by atoms with Crippen LogP contribution in [0.2, 0.25) is 0 Å². The Labute approximate surface area is 128 Å². The van der Waals surface area contributed by atoms with Gasteiger partial charge in [0.25, 0.3) is 0 Å². The van der Waals surface area contributed by atoms with Crippen LogP contribution in [0.1, 0.15) is 37.3 Å². The normalized spacial score (nSPS) is 10.7. The van der Waals surface area contributed by atoms with Gasteiger partial charge in [-0.1, -0.05) is 49.7 Å². The van der Waals surface area contributed by atoms with Crippen LogP contribution in [-0.4, -0.2) is 13.2 Å².